The van der Waals surface area contributed by atoms with Crippen LogP contribution in [0, 0.1) is 18.3 Å². The SMILES string of the molecule is CCc1ccc(Sc2ccc(C#N)c(C)c2)cc1. The van der Waals surface area contributed by atoms with Crippen molar-refractivity contribution in [3.63, 3.8) is 0 Å². The Morgan fingerprint density at radius 2 is 1.72 bits per heavy atom. The second-order valence-corrected chi connectivity index (χ2v) is 5.34. The molecule has 0 saturated heterocycles. The van der Waals surface area contributed by atoms with Gasteiger partial charge in [-0.3, -0.25) is 0 Å². The molecule has 0 saturated carbocycles. The minimum Gasteiger partial charge on any atom is -0.192 e. The van der Waals surface area contributed by atoms with Gasteiger partial charge in [-0.25, -0.2) is 0 Å². The number of nitrogens with zero attached hydrogens (tertiary/aromatic N) is 1. The average molecular weight is 253 g/mol. The zero-order valence-electron chi connectivity index (χ0n) is 10.6. The predicted octanol–water partition coefficient (Wildman–Crippen LogP) is 4.58. The summed E-state index contributed by atoms with van der Waals surface area (Å²) in [5.74, 6) is 0. The molecule has 0 unspecified atom stereocenters. The van der Waals surface area contributed by atoms with Crippen LogP contribution in [0.15, 0.2) is 52.3 Å². The third-order valence-corrected chi connectivity index (χ3v) is 3.88. The molecule has 2 heteroatoms. The number of aryl methyl sites for hydroxylation is 2. The first kappa shape index (κ1) is 12.7. The first-order valence-electron chi connectivity index (χ1n) is 6.00. The molecule has 0 spiro atoms. The van der Waals surface area contributed by atoms with Crippen LogP contribution >= 0.6 is 11.8 Å². The number of nitriles is 1. The maximum absolute atomic E-state index is 8.90. The molecule has 90 valence electrons. The molecular formula is C16H15NS. The Balaban J connectivity index is 2.18. The van der Waals surface area contributed by atoms with Gasteiger partial charge in [-0.1, -0.05) is 30.8 Å². The highest BCUT2D eigenvalue weighted by molar-refractivity contribution is 7.99. The van der Waals surface area contributed by atoms with Gasteiger partial charge < -0.3 is 0 Å². The van der Waals surface area contributed by atoms with Crippen molar-refractivity contribution in [3.05, 3.63) is 59.2 Å². The quantitative estimate of drug-likeness (QED) is 0.799. The molecule has 18 heavy (non-hydrogen) atoms. The van der Waals surface area contributed by atoms with Crippen LogP contribution in [0.3, 0.4) is 0 Å². The van der Waals surface area contributed by atoms with E-state index in [-0.39, 0.29) is 0 Å². The van der Waals surface area contributed by atoms with Crippen molar-refractivity contribution in [1.82, 2.24) is 0 Å². The summed E-state index contributed by atoms with van der Waals surface area (Å²) < 4.78 is 0. The molecule has 2 aromatic carbocycles. The summed E-state index contributed by atoms with van der Waals surface area (Å²) in [7, 11) is 0. The summed E-state index contributed by atoms with van der Waals surface area (Å²) >= 11 is 1.73. The Morgan fingerprint density at radius 3 is 2.28 bits per heavy atom. The standard InChI is InChI=1S/C16H15NS/c1-3-13-4-7-15(8-5-13)18-16-9-6-14(11-17)12(2)10-16/h4-10H,3H2,1-2H3. The number of hydrogen-bond acceptors (Lipinski definition) is 2. The molecule has 0 bridgehead atoms. The van der Waals surface area contributed by atoms with Crippen LogP contribution in [0.25, 0.3) is 0 Å². The largest absolute Gasteiger partial charge is 0.192 e. The van der Waals surface area contributed by atoms with Crippen molar-refractivity contribution in [2.75, 3.05) is 0 Å². The molecule has 0 N–H and O–H groups in total. The van der Waals surface area contributed by atoms with E-state index in [1.165, 1.54) is 15.4 Å². The van der Waals surface area contributed by atoms with E-state index in [4.69, 9.17) is 5.26 Å². The fraction of sp³-hybridized carbons (Fsp3) is 0.188. The van der Waals surface area contributed by atoms with Gasteiger partial charge in [-0.05, 0) is 54.8 Å². The summed E-state index contributed by atoms with van der Waals surface area (Å²) in [6, 6.07) is 16.8. The highest BCUT2D eigenvalue weighted by atomic mass is 32.2. The van der Waals surface area contributed by atoms with Crippen molar-refractivity contribution >= 4 is 11.8 Å². The first-order valence-corrected chi connectivity index (χ1v) is 6.82. The molecule has 0 aliphatic rings. The van der Waals surface area contributed by atoms with Crippen LogP contribution in [0.4, 0.5) is 0 Å². The Kier molecular flexibility index (Phi) is 4.07. The van der Waals surface area contributed by atoms with Gasteiger partial charge in [0.2, 0.25) is 0 Å². The molecule has 2 rings (SSSR count). The smallest absolute Gasteiger partial charge is 0.0994 e. The minimum absolute atomic E-state index is 0.751. The Hall–Kier alpha value is -1.72. The fourth-order valence-corrected chi connectivity index (χ4v) is 2.67. The van der Waals surface area contributed by atoms with E-state index in [1.54, 1.807) is 11.8 Å². The Labute approximate surface area is 112 Å². The molecule has 0 aliphatic heterocycles. The lowest BCUT2D eigenvalue weighted by Crippen LogP contribution is -1.83. The van der Waals surface area contributed by atoms with Crippen LogP contribution in [-0.2, 0) is 6.42 Å². The van der Waals surface area contributed by atoms with Crippen molar-refractivity contribution in [1.29, 1.82) is 5.26 Å². The van der Waals surface area contributed by atoms with Gasteiger partial charge in [0.1, 0.15) is 0 Å². The lowest BCUT2D eigenvalue weighted by Gasteiger charge is -2.05. The van der Waals surface area contributed by atoms with E-state index >= 15 is 0 Å². The molecule has 0 fully saturated rings. The topological polar surface area (TPSA) is 23.8 Å². The molecule has 0 aliphatic carbocycles. The van der Waals surface area contributed by atoms with Crippen LogP contribution in [0.2, 0.25) is 0 Å². The normalized spacial score (nSPS) is 10.1. The maximum Gasteiger partial charge on any atom is 0.0994 e. The third-order valence-electron chi connectivity index (χ3n) is 2.89. The van der Waals surface area contributed by atoms with Crippen molar-refractivity contribution < 1.29 is 0 Å². The molecule has 2 aromatic rings. The van der Waals surface area contributed by atoms with E-state index in [0.29, 0.717) is 0 Å². The van der Waals surface area contributed by atoms with Crippen molar-refractivity contribution in [2.24, 2.45) is 0 Å². The molecular weight excluding hydrogens is 238 g/mol. The van der Waals surface area contributed by atoms with Gasteiger partial charge in [0.05, 0.1) is 11.6 Å². The maximum atomic E-state index is 8.90. The van der Waals surface area contributed by atoms with E-state index in [1.807, 2.05) is 19.1 Å². The van der Waals surface area contributed by atoms with E-state index in [0.717, 1.165) is 17.5 Å². The highest BCUT2D eigenvalue weighted by Crippen LogP contribution is 2.29. The zero-order valence-corrected chi connectivity index (χ0v) is 11.4. The predicted molar refractivity (Wildman–Crippen MR) is 75.8 cm³/mol. The summed E-state index contributed by atoms with van der Waals surface area (Å²) in [6.45, 7) is 4.13. The minimum atomic E-state index is 0.751. The van der Waals surface area contributed by atoms with Gasteiger partial charge in [0, 0.05) is 9.79 Å². The summed E-state index contributed by atoms with van der Waals surface area (Å²) in [5.41, 5.74) is 3.14. The van der Waals surface area contributed by atoms with E-state index in [9.17, 15) is 0 Å². The molecule has 1 nitrogen and oxygen atoms in total. The van der Waals surface area contributed by atoms with Crippen LogP contribution in [0.5, 0.6) is 0 Å². The summed E-state index contributed by atoms with van der Waals surface area (Å²) in [6.07, 6.45) is 1.07. The van der Waals surface area contributed by atoms with E-state index in [2.05, 4.69) is 43.3 Å². The van der Waals surface area contributed by atoms with Crippen molar-refractivity contribution in [3.8, 4) is 6.07 Å². The fourth-order valence-electron chi connectivity index (χ4n) is 1.75. The van der Waals surface area contributed by atoms with Gasteiger partial charge in [0.25, 0.3) is 0 Å². The second-order valence-electron chi connectivity index (χ2n) is 4.19. The first-order chi connectivity index (χ1) is 8.72. The van der Waals surface area contributed by atoms with Crippen LogP contribution in [-0.4, -0.2) is 0 Å². The molecule has 0 aromatic heterocycles. The van der Waals surface area contributed by atoms with Crippen molar-refractivity contribution in [2.45, 2.75) is 30.1 Å². The Bertz CT molecular complexity index is 579. The van der Waals surface area contributed by atoms with Gasteiger partial charge >= 0.3 is 0 Å². The number of benzene rings is 2. The Morgan fingerprint density at radius 1 is 1.06 bits per heavy atom. The molecule has 0 amide bonds. The summed E-state index contributed by atoms with van der Waals surface area (Å²) in [5, 5.41) is 8.90. The molecule has 0 atom stereocenters. The number of hydrogen-bond donors (Lipinski definition) is 0. The highest BCUT2D eigenvalue weighted by Gasteiger charge is 2.01. The van der Waals surface area contributed by atoms with Gasteiger partial charge in [-0.2, -0.15) is 5.26 Å². The van der Waals surface area contributed by atoms with E-state index < -0.39 is 0 Å². The van der Waals surface area contributed by atoms with Crippen LogP contribution < -0.4 is 0 Å². The lowest BCUT2D eigenvalue weighted by molar-refractivity contribution is 1.13. The number of rotatable bonds is 3. The second kappa shape index (κ2) is 5.75. The van der Waals surface area contributed by atoms with Crippen LogP contribution in [0.1, 0.15) is 23.6 Å². The summed E-state index contributed by atoms with van der Waals surface area (Å²) in [4.78, 5) is 2.41. The average Bonchev–Trinajstić information content (AvgIpc) is 2.40. The lowest BCUT2D eigenvalue weighted by atomic mass is 10.1. The molecule has 0 radical (unpaired) electrons. The van der Waals surface area contributed by atoms with Gasteiger partial charge in [0.15, 0.2) is 0 Å². The monoisotopic (exact) mass is 253 g/mol. The molecule has 0 heterocycles. The third kappa shape index (κ3) is 2.94. The zero-order chi connectivity index (χ0) is 13.0. The van der Waals surface area contributed by atoms with Gasteiger partial charge in [-0.15, -0.1) is 0 Å².